The SMILES string of the molecule is CCc1ccc(N2C(=O)C(=CC=Cc3ccccc3)C(=O)NC2=S)cc1. The maximum atomic E-state index is 12.8. The summed E-state index contributed by atoms with van der Waals surface area (Å²) in [5.41, 5.74) is 2.82. The number of allylic oxidation sites excluding steroid dienone is 2. The average Bonchev–Trinajstić information content (AvgIpc) is 2.65. The summed E-state index contributed by atoms with van der Waals surface area (Å²) in [6, 6.07) is 17.2. The summed E-state index contributed by atoms with van der Waals surface area (Å²) in [4.78, 5) is 26.4. The molecule has 4 nitrogen and oxygen atoms in total. The molecule has 0 radical (unpaired) electrons. The third-order valence-corrected chi connectivity index (χ3v) is 4.34. The third kappa shape index (κ3) is 3.78. The Morgan fingerprint density at radius 3 is 2.38 bits per heavy atom. The van der Waals surface area contributed by atoms with Crippen LogP contribution in [-0.4, -0.2) is 16.9 Å². The van der Waals surface area contributed by atoms with E-state index in [1.165, 1.54) is 11.0 Å². The first-order valence-corrected chi connectivity index (χ1v) is 8.73. The molecule has 0 aliphatic carbocycles. The monoisotopic (exact) mass is 362 g/mol. The van der Waals surface area contributed by atoms with E-state index in [1.807, 2.05) is 60.7 Å². The molecule has 26 heavy (non-hydrogen) atoms. The fourth-order valence-electron chi connectivity index (χ4n) is 2.61. The minimum absolute atomic E-state index is 0.0466. The van der Waals surface area contributed by atoms with Gasteiger partial charge in [0.2, 0.25) is 0 Å². The van der Waals surface area contributed by atoms with E-state index >= 15 is 0 Å². The van der Waals surface area contributed by atoms with Gasteiger partial charge in [0.15, 0.2) is 5.11 Å². The molecule has 2 aromatic carbocycles. The number of benzene rings is 2. The van der Waals surface area contributed by atoms with Gasteiger partial charge in [-0.2, -0.15) is 0 Å². The van der Waals surface area contributed by atoms with E-state index in [1.54, 1.807) is 6.08 Å². The molecule has 2 amide bonds. The number of hydrogen-bond donors (Lipinski definition) is 1. The van der Waals surface area contributed by atoms with Gasteiger partial charge < -0.3 is 0 Å². The van der Waals surface area contributed by atoms with Crippen LogP contribution in [0, 0.1) is 0 Å². The number of nitrogens with zero attached hydrogens (tertiary/aromatic N) is 1. The lowest BCUT2D eigenvalue weighted by molar-refractivity contribution is -0.122. The zero-order chi connectivity index (χ0) is 18.5. The summed E-state index contributed by atoms with van der Waals surface area (Å²) < 4.78 is 0. The fourth-order valence-corrected chi connectivity index (χ4v) is 2.89. The first-order chi connectivity index (χ1) is 12.6. The van der Waals surface area contributed by atoms with Crippen molar-refractivity contribution in [2.75, 3.05) is 4.90 Å². The number of carbonyl (C=O) groups is 2. The molecule has 1 heterocycles. The van der Waals surface area contributed by atoms with Crippen molar-refractivity contribution in [3.63, 3.8) is 0 Å². The maximum absolute atomic E-state index is 12.8. The molecule has 0 saturated carbocycles. The summed E-state index contributed by atoms with van der Waals surface area (Å²) >= 11 is 5.19. The van der Waals surface area contributed by atoms with Crippen molar-refractivity contribution in [2.24, 2.45) is 0 Å². The van der Waals surface area contributed by atoms with Crippen LogP contribution in [0.15, 0.2) is 72.3 Å². The van der Waals surface area contributed by atoms with E-state index in [2.05, 4.69) is 12.2 Å². The highest BCUT2D eigenvalue weighted by molar-refractivity contribution is 7.80. The van der Waals surface area contributed by atoms with E-state index in [-0.39, 0.29) is 10.7 Å². The average molecular weight is 362 g/mol. The molecular formula is C21H18N2O2S. The molecule has 0 bridgehead atoms. The van der Waals surface area contributed by atoms with Gasteiger partial charge in [0.25, 0.3) is 11.8 Å². The van der Waals surface area contributed by atoms with Crippen LogP contribution in [0.3, 0.4) is 0 Å². The fraction of sp³-hybridized carbons (Fsp3) is 0.0952. The third-order valence-electron chi connectivity index (χ3n) is 4.06. The van der Waals surface area contributed by atoms with Gasteiger partial charge in [-0.15, -0.1) is 0 Å². The van der Waals surface area contributed by atoms with Gasteiger partial charge in [-0.05, 0) is 48.0 Å². The summed E-state index contributed by atoms with van der Waals surface area (Å²) in [5, 5.41) is 2.67. The van der Waals surface area contributed by atoms with E-state index in [9.17, 15) is 9.59 Å². The number of thiocarbonyl (C=S) groups is 1. The first-order valence-electron chi connectivity index (χ1n) is 8.32. The van der Waals surface area contributed by atoms with Gasteiger partial charge >= 0.3 is 0 Å². The predicted molar refractivity (Wildman–Crippen MR) is 108 cm³/mol. The van der Waals surface area contributed by atoms with Crippen LogP contribution in [0.1, 0.15) is 18.1 Å². The Morgan fingerprint density at radius 2 is 1.73 bits per heavy atom. The molecule has 5 heteroatoms. The van der Waals surface area contributed by atoms with Crippen LogP contribution in [0.5, 0.6) is 0 Å². The Balaban J connectivity index is 1.87. The molecule has 1 fully saturated rings. The Morgan fingerprint density at radius 1 is 1.04 bits per heavy atom. The van der Waals surface area contributed by atoms with Gasteiger partial charge in [-0.1, -0.05) is 61.5 Å². The van der Waals surface area contributed by atoms with E-state index in [0.717, 1.165) is 17.5 Å². The van der Waals surface area contributed by atoms with Crippen molar-refractivity contribution < 1.29 is 9.59 Å². The quantitative estimate of drug-likeness (QED) is 0.513. The largest absolute Gasteiger partial charge is 0.298 e. The van der Waals surface area contributed by atoms with Crippen molar-refractivity contribution in [3.05, 3.63) is 83.4 Å². The number of hydrogen-bond acceptors (Lipinski definition) is 3. The highest BCUT2D eigenvalue weighted by Crippen LogP contribution is 2.21. The molecule has 0 unspecified atom stereocenters. The summed E-state index contributed by atoms with van der Waals surface area (Å²) in [7, 11) is 0. The van der Waals surface area contributed by atoms with Crippen LogP contribution >= 0.6 is 12.2 Å². The van der Waals surface area contributed by atoms with Crippen molar-refractivity contribution in [1.82, 2.24) is 5.32 Å². The molecule has 0 aromatic heterocycles. The number of amides is 2. The smallest absolute Gasteiger partial charge is 0.270 e. The number of nitrogens with one attached hydrogen (secondary N) is 1. The molecule has 1 aliphatic heterocycles. The number of rotatable bonds is 4. The Bertz CT molecular complexity index is 899. The second-order valence-electron chi connectivity index (χ2n) is 5.77. The standard InChI is InChI=1S/C21H18N2O2S/c1-2-15-11-13-17(14-12-15)23-20(25)18(19(24)22-21(23)26)10-6-9-16-7-4-3-5-8-16/h3-14H,2H2,1H3,(H,22,24,26). The first kappa shape index (κ1) is 17.8. The highest BCUT2D eigenvalue weighted by atomic mass is 32.1. The lowest BCUT2D eigenvalue weighted by Crippen LogP contribution is -2.54. The highest BCUT2D eigenvalue weighted by Gasteiger charge is 2.33. The van der Waals surface area contributed by atoms with Crippen LogP contribution in [0.2, 0.25) is 0 Å². The van der Waals surface area contributed by atoms with Crippen LogP contribution in [0.25, 0.3) is 6.08 Å². The molecule has 3 rings (SSSR count). The lowest BCUT2D eigenvalue weighted by atomic mass is 10.1. The van der Waals surface area contributed by atoms with E-state index in [0.29, 0.717) is 5.69 Å². The summed E-state index contributed by atoms with van der Waals surface area (Å²) in [6.07, 6.45) is 5.94. The molecule has 2 aromatic rings. The topological polar surface area (TPSA) is 49.4 Å². The van der Waals surface area contributed by atoms with Crippen molar-refractivity contribution in [1.29, 1.82) is 0 Å². The van der Waals surface area contributed by atoms with E-state index in [4.69, 9.17) is 12.2 Å². The van der Waals surface area contributed by atoms with E-state index < -0.39 is 11.8 Å². The number of carbonyl (C=O) groups excluding carboxylic acids is 2. The molecule has 1 aliphatic rings. The zero-order valence-corrected chi connectivity index (χ0v) is 15.1. The second-order valence-corrected chi connectivity index (χ2v) is 6.16. The van der Waals surface area contributed by atoms with Gasteiger partial charge in [-0.3, -0.25) is 19.8 Å². The Kier molecular flexibility index (Phi) is 5.39. The Labute approximate surface area is 157 Å². The van der Waals surface area contributed by atoms with Gasteiger partial charge in [-0.25, -0.2) is 0 Å². The van der Waals surface area contributed by atoms with Gasteiger partial charge in [0.05, 0.1) is 5.69 Å². The van der Waals surface area contributed by atoms with Crippen molar-refractivity contribution in [2.45, 2.75) is 13.3 Å². The zero-order valence-electron chi connectivity index (χ0n) is 14.3. The van der Waals surface area contributed by atoms with Gasteiger partial charge in [0, 0.05) is 0 Å². The van der Waals surface area contributed by atoms with Crippen LogP contribution in [-0.2, 0) is 16.0 Å². The minimum Gasteiger partial charge on any atom is -0.298 e. The molecule has 1 saturated heterocycles. The molecule has 0 atom stereocenters. The molecule has 0 spiro atoms. The number of aryl methyl sites for hydroxylation is 1. The molecular weight excluding hydrogens is 344 g/mol. The molecule has 130 valence electrons. The normalized spacial score (nSPS) is 16.4. The summed E-state index contributed by atoms with van der Waals surface area (Å²) in [6.45, 7) is 2.06. The second kappa shape index (κ2) is 7.89. The predicted octanol–water partition coefficient (Wildman–Crippen LogP) is 3.64. The van der Waals surface area contributed by atoms with Gasteiger partial charge in [0.1, 0.15) is 5.57 Å². The summed E-state index contributed by atoms with van der Waals surface area (Å²) in [5.74, 6) is -0.917. The Hall–Kier alpha value is -3.05. The lowest BCUT2D eigenvalue weighted by Gasteiger charge is -2.28. The minimum atomic E-state index is -0.487. The van der Waals surface area contributed by atoms with Crippen molar-refractivity contribution >= 4 is 40.9 Å². The van der Waals surface area contributed by atoms with Crippen LogP contribution in [0.4, 0.5) is 5.69 Å². The van der Waals surface area contributed by atoms with Crippen LogP contribution < -0.4 is 10.2 Å². The number of anilines is 1. The van der Waals surface area contributed by atoms with Crippen molar-refractivity contribution in [3.8, 4) is 0 Å². The molecule has 1 N–H and O–H groups in total. The maximum Gasteiger partial charge on any atom is 0.270 e.